The highest BCUT2D eigenvalue weighted by molar-refractivity contribution is 6.22. The number of benzene rings is 3. The van der Waals surface area contributed by atoms with Gasteiger partial charge in [0.1, 0.15) is 5.82 Å². The molecule has 0 saturated heterocycles. The second-order valence-corrected chi connectivity index (χ2v) is 12.1. The third kappa shape index (κ3) is 3.82. The fraction of sp³-hybridized carbons (Fsp3) is 0.171. The normalized spacial score (nSPS) is 21.2. The van der Waals surface area contributed by atoms with Gasteiger partial charge in [0, 0.05) is 41.6 Å². The van der Waals surface area contributed by atoms with Crippen LogP contribution in [0.5, 0.6) is 0 Å². The van der Waals surface area contributed by atoms with E-state index in [9.17, 15) is 19.1 Å². The zero-order chi connectivity index (χ0) is 30.4. The maximum absolute atomic E-state index is 14.4. The number of carbonyl (C=O) groups excluding carboxylic acids is 2. The maximum atomic E-state index is 14.4. The van der Waals surface area contributed by atoms with E-state index in [4.69, 9.17) is 4.98 Å². The molecule has 8 nitrogen and oxygen atoms in total. The van der Waals surface area contributed by atoms with E-state index in [2.05, 4.69) is 10.1 Å². The second kappa shape index (κ2) is 9.11. The molecule has 8 rings (SSSR count). The number of fused-ring (bicyclic) bond motifs is 4. The predicted octanol–water partition coefficient (Wildman–Crippen LogP) is 6.10. The molecular formula is C35H26FN5O3. The molecule has 0 bridgehead atoms. The number of hydrogen-bond donors (Lipinski definition) is 1. The Bertz CT molecular complexity index is 2140. The minimum Gasteiger partial charge on any atom is -0.390 e. The van der Waals surface area contributed by atoms with Gasteiger partial charge in [-0.15, -0.1) is 0 Å². The van der Waals surface area contributed by atoms with E-state index >= 15 is 0 Å². The van der Waals surface area contributed by atoms with E-state index in [-0.39, 0.29) is 30.5 Å². The Hall–Kier alpha value is -5.28. The Morgan fingerprint density at radius 1 is 0.841 bits per heavy atom. The van der Waals surface area contributed by atoms with Crippen molar-refractivity contribution in [1.82, 2.24) is 24.5 Å². The molecule has 1 N–H and O–H groups in total. The molecule has 3 aromatic heterocycles. The monoisotopic (exact) mass is 583 g/mol. The number of nitrogens with zero attached hydrogens (tertiary/aromatic N) is 5. The van der Waals surface area contributed by atoms with Crippen LogP contribution in [-0.4, -0.2) is 47.0 Å². The number of rotatable bonds is 4. The molecule has 0 atom stereocenters. The van der Waals surface area contributed by atoms with Crippen LogP contribution in [0.25, 0.3) is 39.1 Å². The van der Waals surface area contributed by atoms with Gasteiger partial charge in [0.2, 0.25) is 0 Å². The lowest BCUT2D eigenvalue weighted by Gasteiger charge is -2.55. The average molecular weight is 584 g/mol. The summed E-state index contributed by atoms with van der Waals surface area (Å²) in [6, 6.07) is 24.6. The first-order valence-corrected chi connectivity index (χ1v) is 14.4. The van der Waals surface area contributed by atoms with Crippen molar-refractivity contribution in [3.63, 3.8) is 0 Å². The standard InChI is InChI=1S/C35H26FN5O3/c1-20-14-29-37-17-23-16-28(22-6-5-7-25(36)15-22)30(38-31(23)41(29)39-20)21-10-12-24(13-11-21)35(18-34(2,44)19-35)40-32(42)26-8-3-4-9-27(26)33(40)43/h3-17,44H,18-19H2,1-2H3/t34-,35+. The number of carbonyl (C=O) groups is 2. The maximum Gasteiger partial charge on any atom is 0.262 e. The third-order valence-corrected chi connectivity index (χ3v) is 8.78. The van der Waals surface area contributed by atoms with Crippen molar-refractivity contribution in [3.05, 3.63) is 119 Å². The highest BCUT2D eigenvalue weighted by atomic mass is 19.1. The van der Waals surface area contributed by atoms with Crippen LogP contribution < -0.4 is 0 Å². The van der Waals surface area contributed by atoms with Crippen molar-refractivity contribution in [3.8, 4) is 22.4 Å². The van der Waals surface area contributed by atoms with Gasteiger partial charge in [-0.3, -0.25) is 14.5 Å². The fourth-order valence-corrected chi connectivity index (χ4v) is 6.97. The van der Waals surface area contributed by atoms with Crippen molar-refractivity contribution in [1.29, 1.82) is 0 Å². The molecule has 216 valence electrons. The second-order valence-electron chi connectivity index (χ2n) is 12.1. The van der Waals surface area contributed by atoms with Gasteiger partial charge in [-0.1, -0.05) is 48.5 Å². The summed E-state index contributed by atoms with van der Waals surface area (Å²) in [4.78, 5) is 38.0. The largest absolute Gasteiger partial charge is 0.390 e. The SMILES string of the molecule is Cc1cc2ncc3cc(-c4cccc(F)c4)c(-c4ccc([C@]5(N6C(=O)c7ccccc7C6=O)C[C@@](C)(O)C5)cc4)nc3n2n1. The van der Waals surface area contributed by atoms with Gasteiger partial charge < -0.3 is 5.11 Å². The molecule has 0 spiro atoms. The fourth-order valence-electron chi connectivity index (χ4n) is 6.97. The molecule has 4 heterocycles. The highest BCUT2D eigenvalue weighted by Crippen LogP contribution is 2.54. The van der Waals surface area contributed by atoms with E-state index in [1.54, 1.807) is 48.0 Å². The van der Waals surface area contributed by atoms with Gasteiger partial charge in [-0.05, 0) is 55.3 Å². The number of aromatic nitrogens is 4. The third-order valence-electron chi connectivity index (χ3n) is 8.78. The van der Waals surface area contributed by atoms with Crippen LogP contribution in [0.4, 0.5) is 4.39 Å². The van der Waals surface area contributed by atoms with Crippen LogP contribution in [0, 0.1) is 12.7 Å². The summed E-state index contributed by atoms with van der Waals surface area (Å²) in [5.74, 6) is -1.08. The molecule has 2 amide bonds. The van der Waals surface area contributed by atoms with Crippen LogP contribution in [0.1, 0.15) is 51.7 Å². The first-order valence-electron chi connectivity index (χ1n) is 14.4. The molecular weight excluding hydrogens is 557 g/mol. The lowest BCUT2D eigenvalue weighted by Crippen LogP contribution is -2.63. The summed E-state index contributed by atoms with van der Waals surface area (Å²) >= 11 is 0. The van der Waals surface area contributed by atoms with Crippen LogP contribution >= 0.6 is 0 Å². The summed E-state index contributed by atoms with van der Waals surface area (Å²) in [7, 11) is 0. The zero-order valence-electron chi connectivity index (χ0n) is 24.0. The summed E-state index contributed by atoms with van der Waals surface area (Å²) < 4.78 is 16.1. The Labute approximate surface area is 251 Å². The molecule has 1 fully saturated rings. The van der Waals surface area contributed by atoms with E-state index in [0.717, 1.165) is 27.8 Å². The van der Waals surface area contributed by atoms with Gasteiger partial charge in [0.05, 0.1) is 33.7 Å². The smallest absolute Gasteiger partial charge is 0.262 e. The number of aryl methyl sites for hydroxylation is 1. The van der Waals surface area contributed by atoms with Crippen molar-refractivity contribution >= 4 is 28.5 Å². The Morgan fingerprint density at radius 2 is 1.55 bits per heavy atom. The molecule has 3 aromatic carbocycles. The number of hydrogen-bond acceptors (Lipinski definition) is 6. The van der Waals surface area contributed by atoms with Crippen LogP contribution in [0.3, 0.4) is 0 Å². The minimum atomic E-state index is -1.03. The minimum absolute atomic E-state index is 0.219. The molecule has 1 aliphatic carbocycles. The van der Waals surface area contributed by atoms with Crippen molar-refractivity contribution < 1.29 is 19.1 Å². The Balaban J connectivity index is 1.28. The quantitative estimate of drug-likeness (QED) is 0.252. The summed E-state index contributed by atoms with van der Waals surface area (Å²) in [6.07, 6.45) is 2.18. The first kappa shape index (κ1) is 26.4. The van der Waals surface area contributed by atoms with Gasteiger partial charge in [-0.2, -0.15) is 9.61 Å². The van der Waals surface area contributed by atoms with Crippen molar-refractivity contribution in [2.45, 2.75) is 37.8 Å². The van der Waals surface area contributed by atoms with Crippen molar-refractivity contribution in [2.24, 2.45) is 0 Å². The number of pyridine rings is 1. The Morgan fingerprint density at radius 3 is 2.20 bits per heavy atom. The van der Waals surface area contributed by atoms with Gasteiger partial charge in [0.15, 0.2) is 11.3 Å². The van der Waals surface area contributed by atoms with Crippen LogP contribution in [0.15, 0.2) is 91.1 Å². The van der Waals surface area contributed by atoms with E-state index < -0.39 is 11.1 Å². The van der Waals surface area contributed by atoms with Gasteiger partial charge in [-0.25, -0.2) is 14.4 Å². The highest BCUT2D eigenvalue weighted by Gasteiger charge is 2.60. The Kier molecular flexibility index (Phi) is 5.46. The molecule has 9 heteroatoms. The summed E-state index contributed by atoms with van der Waals surface area (Å²) in [5, 5.41) is 16.2. The van der Waals surface area contributed by atoms with Gasteiger partial charge >= 0.3 is 0 Å². The molecule has 1 aliphatic heterocycles. The van der Waals surface area contributed by atoms with Crippen LogP contribution in [-0.2, 0) is 5.54 Å². The van der Waals surface area contributed by atoms with Crippen LogP contribution in [0.2, 0.25) is 0 Å². The van der Waals surface area contributed by atoms with E-state index in [1.807, 2.05) is 49.4 Å². The molecule has 1 saturated carbocycles. The lowest BCUT2D eigenvalue weighted by atomic mass is 9.61. The lowest BCUT2D eigenvalue weighted by molar-refractivity contribution is -0.118. The zero-order valence-corrected chi connectivity index (χ0v) is 24.0. The molecule has 2 aliphatic rings. The summed E-state index contributed by atoms with van der Waals surface area (Å²) in [5.41, 5.74) is 4.29. The first-order chi connectivity index (χ1) is 21.1. The topological polar surface area (TPSA) is 101 Å². The number of halogens is 1. The average Bonchev–Trinajstić information content (AvgIpc) is 3.51. The van der Waals surface area contributed by atoms with E-state index in [0.29, 0.717) is 33.7 Å². The predicted molar refractivity (Wildman–Crippen MR) is 162 cm³/mol. The molecule has 6 aromatic rings. The number of imide groups is 1. The molecule has 44 heavy (non-hydrogen) atoms. The molecule has 0 unspecified atom stereocenters. The van der Waals surface area contributed by atoms with Gasteiger partial charge in [0.25, 0.3) is 11.8 Å². The van der Waals surface area contributed by atoms with Crippen molar-refractivity contribution in [2.75, 3.05) is 0 Å². The number of amides is 2. The number of aliphatic hydroxyl groups is 1. The van der Waals surface area contributed by atoms with E-state index in [1.165, 1.54) is 17.0 Å². The summed E-state index contributed by atoms with van der Waals surface area (Å²) in [6.45, 7) is 3.61. The molecule has 0 radical (unpaired) electrons.